The molecule has 0 radical (unpaired) electrons. The van der Waals surface area contributed by atoms with Gasteiger partial charge in [-0.25, -0.2) is 9.37 Å². The van der Waals surface area contributed by atoms with Gasteiger partial charge in [0.2, 0.25) is 5.43 Å². The van der Waals surface area contributed by atoms with Crippen LogP contribution in [0.2, 0.25) is 0 Å². The summed E-state index contributed by atoms with van der Waals surface area (Å²) in [7, 11) is 0. The number of hydrogen-bond acceptors (Lipinski definition) is 5. The van der Waals surface area contributed by atoms with Crippen LogP contribution in [0.1, 0.15) is 6.92 Å². The number of nitrogens with zero attached hydrogens (tertiary/aromatic N) is 2. The van der Waals surface area contributed by atoms with Gasteiger partial charge >= 0.3 is 0 Å². The van der Waals surface area contributed by atoms with E-state index in [0.717, 1.165) is 5.56 Å². The van der Waals surface area contributed by atoms with Crippen LogP contribution >= 0.6 is 0 Å². The molecule has 35 heavy (non-hydrogen) atoms. The summed E-state index contributed by atoms with van der Waals surface area (Å²) in [4.78, 5) is 25.0. The summed E-state index contributed by atoms with van der Waals surface area (Å²) in [6.07, 6.45) is 6.66. The number of aromatic nitrogens is 3. The van der Waals surface area contributed by atoms with Crippen LogP contribution in [-0.2, 0) is 0 Å². The summed E-state index contributed by atoms with van der Waals surface area (Å²) >= 11 is 0. The van der Waals surface area contributed by atoms with Crippen molar-refractivity contribution in [2.45, 2.75) is 6.92 Å². The van der Waals surface area contributed by atoms with Crippen molar-refractivity contribution < 1.29 is 9.13 Å². The predicted molar refractivity (Wildman–Crippen MR) is 137 cm³/mol. The fraction of sp³-hybridized carbons (Fsp3) is 0.0357. The van der Waals surface area contributed by atoms with Gasteiger partial charge in [0.1, 0.15) is 11.6 Å². The molecular weight excluding hydrogens is 443 g/mol. The molecule has 172 valence electrons. The van der Waals surface area contributed by atoms with Crippen molar-refractivity contribution in [1.82, 2.24) is 15.0 Å². The molecule has 0 saturated carbocycles. The third-order valence-electron chi connectivity index (χ3n) is 5.61. The van der Waals surface area contributed by atoms with Crippen LogP contribution < -0.4 is 26.1 Å². The Labute approximate surface area is 200 Å². The Hall–Kier alpha value is -4.78. The highest BCUT2D eigenvalue weighted by atomic mass is 19.1. The van der Waals surface area contributed by atoms with E-state index in [4.69, 9.17) is 4.74 Å². The molecule has 0 bridgehead atoms. The van der Waals surface area contributed by atoms with Crippen molar-refractivity contribution in [2.24, 2.45) is 0 Å². The largest absolute Gasteiger partial charge is 0.454 e. The fourth-order valence-corrected chi connectivity index (χ4v) is 3.84. The van der Waals surface area contributed by atoms with Crippen molar-refractivity contribution >= 4 is 35.1 Å². The topological polar surface area (TPSA) is 79.9 Å². The molecule has 0 aliphatic heterocycles. The van der Waals surface area contributed by atoms with Gasteiger partial charge in [0.25, 0.3) is 0 Å². The van der Waals surface area contributed by atoms with Gasteiger partial charge in [-0.3, -0.25) is 9.78 Å². The Kier molecular flexibility index (Phi) is 5.81. The number of aromatic amines is 1. The minimum Gasteiger partial charge on any atom is -0.454 e. The van der Waals surface area contributed by atoms with E-state index >= 15 is 0 Å². The SMILES string of the molecule is C=c1c(Oc2ccc(Nc3nccc4[nH]cc(-c5ccccc5)c(=O)c34)cc2F)ccn/c1=C/C. The number of pyridine rings is 3. The molecule has 0 unspecified atom stereocenters. The third kappa shape index (κ3) is 4.27. The molecule has 5 rings (SSSR count). The van der Waals surface area contributed by atoms with Gasteiger partial charge in [0.15, 0.2) is 11.6 Å². The van der Waals surface area contributed by atoms with Crippen LogP contribution in [0.4, 0.5) is 15.9 Å². The lowest BCUT2D eigenvalue weighted by Gasteiger charge is -2.12. The minimum atomic E-state index is -0.577. The van der Waals surface area contributed by atoms with Crippen LogP contribution in [0.5, 0.6) is 11.5 Å². The van der Waals surface area contributed by atoms with Gasteiger partial charge in [0.05, 0.1) is 16.3 Å². The quantitative estimate of drug-likeness (QED) is 0.388. The molecule has 0 spiro atoms. The lowest BCUT2D eigenvalue weighted by molar-refractivity contribution is 0.438. The summed E-state index contributed by atoms with van der Waals surface area (Å²) in [5, 5.41) is 4.70. The van der Waals surface area contributed by atoms with Crippen LogP contribution in [0, 0.1) is 5.82 Å². The highest BCUT2D eigenvalue weighted by molar-refractivity contribution is 5.93. The molecular formula is C28H21FN4O2. The number of H-pyrrole nitrogens is 1. The van der Waals surface area contributed by atoms with Gasteiger partial charge in [0, 0.05) is 41.1 Å². The van der Waals surface area contributed by atoms with Crippen LogP contribution in [-0.4, -0.2) is 15.0 Å². The van der Waals surface area contributed by atoms with Gasteiger partial charge in [-0.2, -0.15) is 0 Å². The van der Waals surface area contributed by atoms with Gasteiger partial charge in [-0.15, -0.1) is 0 Å². The monoisotopic (exact) mass is 464 g/mol. The highest BCUT2D eigenvalue weighted by Crippen LogP contribution is 2.28. The van der Waals surface area contributed by atoms with E-state index in [-0.39, 0.29) is 11.2 Å². The second-order valence-electron chi connectivity index (χ2n) is 7.81. The Morgan fingerprint density at radius 2 is 1.83 bits per heavy atom. The van der Waals surface area contributed by atoms with E-state index in [1.165, 1.54) is 12.1 Å². The van der Waals surface area contributed by atoms with Crippen molar-refractivity contribution in [3.05, 3.63) is 106 Å². The average Bonchev–Trinajstić information content (AvgIpc) is 2.87. The van der Waals surface area contributed by atoms with Gasteiger partial charge in [-0.1, -0.05) is 43.0 Å². The molecule has 2 N–H and O–H groups in total. The van der Waals surface area contributed by atoms with E-state index in [1.807, 2.05) is 37.3 Å². The summed E-state index contributed by atoms with van der Waals surface area (Å²) in [5.41, 5.74) is 2.19. The van der Waals surface area contributed by atoms with E-state index in [2.05, 4.69) is 26.8 Å². The Morgan fingerprint density at radius 1 is 1.03 bits per heavy atom. The first-order valence-electron chi connectivity index (χ1n) is 11.0. The second kappa shape index (κ2) is 9.23. The number of ether oxygens (including phenoxy) is 1. The number of halogens is 1. The van der Waals surface area contributed by atoms with Crippen LogP contribution in [0.3, 0.4) is 0 Å². The normalized spacial score (nSPS) is 11.5. The molecule has 5 aromatic rings. The number of fused-ring (bicyclic) bond motifs is 1. The molecule has 0 aliphatic carbocycles. The smallest absolute Gasteiger partial charge is 0.200 e. The second-order valence-corrected chi connectivity index (χ2v) is 7.81. The summed E-state index contributed by atoms with van der Waals surface area (Å²) in [6.45, 7) is 5.81. The summed E-state index contributed by atoms with van der Waals surface area (Å²) in [5.74, 6) is 0.214. The first-order valence-corrected chi connectivity index (χ1v) is 11.0. The molecule has 0 fully saturated rings. The lowest BCUT2D eigenvalue weighted by Crippen LogP contribution is -2.27. The zero-order valence-electron chi connectivity index (χ0n) is 18.9. The summed E-state index contributed by atoms with van der Waals surface area (Å²) in [6, 6.07) is 17.2. The molecule has 7 heteroatoms. The van der Waals surface area contributed by atoms with E-state index in [1.54, 1.807) is 42.9 Å². The maximum atomic E-state index is 14.9. The first kappa shape index (κ1) is 22.0. The van der Waals surface area contributed by atoms with Crippen molar-refractivity contribution in [1.29, 1.82) is 0 Å². The molecule has 3 aromatic heterocycles. The lowest BCUT2D eigenvalue weighted by atomic mass is 10.1. The standard InChI is InChI=1S/C28H21FN4O2/c1-3-22-17(2)24(12-14-30-22)35-25-10-9-19(15-21(25)29)33-28-26-23(11-13-31-28)32-16-20(27(26)34)18-7-5-4-6-8-18/h3-16H,2H2,1H3,(H,31,33)(H,32,34)/b22-3+. The number of rotatable bonds is 5. The molecule has 2 aromatic carbocycles. The molecule has 3 heterocycles. The van der Waals surface area contributed by atoms with Gasteiger partial charge < -0.3 is 15.0 Å². The van der Waals surface area contributed by atoms with E-state index in [9.17, 15) is 9.18 Å². The van der Waals surface area contributed by atoms with E-state index < -0.39 is 5.82 Å². The Balaban J connectivity index is 1.49. The maximum absolute atomic E-state index is 14.9. The average molecular weight is 465 g/mol. The Morgan fingerprint density at radius 3 is 2.60 bits per heavy atom. The van der Waals surface area contributed by atoms with Crippen molar-refractivity contribution in [2.75, 3.05) is 5.32 Å². The zero-order chi connectivity index (χ0) is 24.4. The van der Waals surface area contributed by atoms with Crippen molar-refractivity contribution in [3.63, 3.8) is 0 Å². The Bertz CT molecular complexity index is 1720. The summed E-state index contributed by atoms with van der Waals surface area (Å²) < 4.78 is 20.7. The number of nitrogens with one attached hydrogen (secondary N) is 2. The molecule has 0 aliphatic rings. The van der Waals surface area contributed by atoms with Crippen LogP contribution in [0.25, 0.3) is 34.7 Å². The number of hydrogen-bond donors (Lipinski definition) is 2. The predicted octanol–water partition coefficient (Wildman–Crippen LogP) is 4.87. The van der Waals surface area contributed by atoms with Crippen LogP contribution in [0.15, 0.2) is 84.0 Å². The number of anilines is 2. The maximum Gasteiger partial charge on any atom is 0.200 e. The zero-order valence-corrected chi connectivity index (χ0v) is 18.9. The molecule has 0 atom stereocenters. The molecule has 6 nitrogen and oxygen atoms in total. The first-order chi connectivity index (χ1) is 17.0. The third-order valence-corrected chi connectivity index (χ3v) is 5.61. The molecule has 0 saturated heterocycles. The fourth-order valence-electron chi connectivity index (χ4n) is 3.84. The minimum absolute atomic E-state index is 0.0452. The van der Waals surface area contributed by atoms with Gasteiger partial charge in [-0.05, 0) is 36.8 Å². The van der Waals surface area contributed by atoms with E-state index in [0.29, 0.717) is 44.3 Å². The van der Waals surface area contributed by atoms with Crippen molar-refractivity contribution in [3.8, 4) is 22.6 Å². The molecule has 0 amide bonds. The highest BCUT2D eigenvalue weighted by Gasteiger charge is 2.14. The number of benzene rings is 2.